The highest BCUT2D eigenvalue weighted by atomic mass is 19.4. The number of nitrogens with zero attached hydrogens (tertiary/aromatic N) is 1. The van der Waals surface area contributed by atoms with Gasteiger partial charge < -0.3 is 9.47 Å². The van der Waals surface area contributed by atoms with Gasteiger partial charge in [0.05, 0.1) is 17.7 Å². The summed E-state index contributed by atoms with van der Waals surface area (Å²) in [6, 6.07) is 1.98. The van der Waals surface area contributed by atoms with Gasteiger partial charge in [-0.1, -0.05) is 0 Å². The van der Waals surface area contributed by atoms with E-state index in [1.54, 1.807) is 0 Å². The molecule has 0 atom stereocenters. The summed E-state index contributed by atoms with van der Waals surface area (Å²) in [6.07, 6.45) is -10.7. The molecular formula is C12H7F6NO3. The first-order valence-electron chi connectivity index (χ1n) is 5.58. The summed E-state index contributed by atoms with van der Waals surface area (Å²) in [5, 5.41) is 8.81. The van der Waals surface area contributed by atoms with Crippen molar-refractivity contribution in [2.24, 2.45) is 0 Å². The molecule has 1 aromatic rings. The summed E-state index contributed by atoms with van der Waals surface area (Å²) in [5.41, 5.74) is -4.09. The molecule has 1 rings (SSSR count). The fourth-order valence-corrected chi connectivity index (χ4v) is 1.57. The number of hydrogen-bond donors (Lipinski definition) is 0. The number of carbonyl (C=O) groups is 1. The second kappa shape index (κ2) is 6.13. The highest BCUT2D eigenvalue weighted by Crippen LogP contribution is 2.41. The van der Waals surface area contributed by atoms with Crippen LogP contribution < -0.4 is 4.74 Å². The van der Waals surface area contributed by atoms with Crippen LogP contribution in [0, 0.1) is 11.3 Å². The van der Waals surface area contributed by atoms with E-state index in [0.29, 0.717) is 12.1 Å². The van der Waals surface area contributed by atoms with E-state index < -0.39 is 40.9 Å². The van der Waals surface area contributed by atoms with E-state index in [1.807, 2.05) is 0 Å². The lowest BCUT2D eigenvalue weighted by Gasteiger charge is -2.17. The van der Waals surface area contributed by atoms with Gasteiger partial charge in [0.1, 0.15) is 17.4 Å². The first kappa shape index (κ1) is 17.6. The molecule has 0 fully saturated rings. The number of rotatable bonds is 3. The van der Waals surface area contributed by atoms with Gasteiger partial charge in [0.25, 0.3) is 0 Å². The zero-order chi connectivity index (χ0) is 17.1. The van der Waals surface area contributed by atoms with E-state index in [1.165, 1.54) is 6.92 Å². The molecule has 0 aliphatic carbocycles. The first-order chi connectivity index (χ1) is 10.0. The van der Waals surface area contributed by atoms with Crippen molar-refractivity contribution in [3.63, 3.8) is 0 Å². The van der Waals surface area contributed by atoms with Gasteiger partial charge in [-0.25, -0.2) is 4.79 Å². The fourth-order valence-electron chi connectivity index (χ4n) is 1.57. The summed E-state index contributed by atoms with van der Waals surface area (Å²) in [7, 11) is 0. The maximum absolute atomic E-state index is 12.9. The number of nitriles is 1. The number of ether oxygens (including phenoxy) is 2. The smallest absolute Gasteiger partial charge is 0.462 e. The Morgan fingerprint density at radius 3 is 2.23 bits per heavy atom. The van der Waals surface area contributed by atoms with Crippen LogP contribution in [0.25, 0.3) is 0 Å². The molecule has 22 heavy (non-hydrogen) atoms. The molecule has 10 heteroatoms. The van der Waals surface area contributed by atoms with Crippen LogP contribution in [0.3, 0.4) is 0 Å². The molecule has 0 bridgehead atoms. The van der Waals surface area contributed by atoms with Crippen LogP contribution in [-0.2, 0) is 10.9 Å². The lowest BCUT2D eigenvalue weighted by molar-refractivity contribution is -0.276. The topological polar surface area (TPSA) is 59.3 Å². The van der Waals surface area contributed by atoms with Crippen molar-refractivity contribution in [3.8, 4) is 11.8 Å². The molecule has 0 saturated carbocycles. The minimum atomic E-state index is -5.39. The Morgan fingerprint density at radius 2 is 1.82 bits per heavy atom. The van der Waals surface area contributed by atoms with Gasteiger partial charge in [-0.3, -0.25) is 0 Å². The normalized spacial score (nSPS) is 11.7. The molecule has 1 aromatic carbocycles. The van der Waals surface area contributed by atoms with Crippen molar-refractivity contribution in [2.75, 3.05) is 6.61 Å². The number of esters is 1. The van der Waals surface area contributed by atoms with Gasteiger partial charge in [-0.2, -0.15) is 18.4 Å². The summed E-state index contributed by atoms with van der Waals surface area (Å²) in [4.78, 5) is 11.5. The number of alkyl halides is 6. The largest absolute Gasteiger partial charge is 0.573 e. The molecule has 120 valence electrons. The van der Waals surface area contributed by atoms with E-state index in [4.69, 9.17) is 5.26 Å². The van der Waals surface area contributed by atoms with Crippen molar-refractivity contribution in [3.05, 3.63) is 28.8 Å². The summed E-state index contributed by atoms with van der Waals surface area (Å²) in [5.74, 6) is -2.88. The number of benzene rings is 1. The Morgan fingerprint density at radius 1 is 1.23 bits per heavy atom. The van der Waals surface area contributed by atoms with Gasteiger partial charge in [0.2, 0.25) is 0 Å². The Bertz CT molecular complexity index is 615. The molecule has 0 saturated heterocycles. The molecule has 0 unspecified atom stereocenters. The second-order valence-corrected chi connectivity index (χ2v) is 3.74. The fraction of sp³-hybridized carbons (Fsp3) is 0.333. The maximum Gasteiger partial charge on any atom is 0.573 e. The van der Waals surface area contributed by atoms with E-state index in [2.05, 4.69) is 9.47 Å². The molecule has 0 aliphatic heterocycles. The zero-order valence-corrected chi connectivity index (χ0v) is 10.8. The van der Waals surface area contributed by atoms with Crippen LogP contribution in [0.1, 0.15) is 28.4 Å². The molecule has 0 N–H and O–H groups in total. The Balaban J connectivity index is 3.59. The van der Waals surface area contributed by atoms with Crippen LogP contribution in [0.5, 0.6) is 5.75 Å². The van der Waals surface area contributed by atoms with Gasteiger partial charge in [-0.05, 0) is 19.1 Å². The highest BCUT2D eigenvalue weighted by Gasteiger charge is 2.43. The predicted molar refractivity (Wildman–Crippen MR) is 58.8 cm³/mol. The van der Waals surface area contributed by atoms with E-state index >= 15 is 0 Å². The van der Waals surface area contributed by atoms with Gasteiger partial charge in [-0.15, -0.1) is 13.2 Å². The minimum Gasteiger partial charge on any atom is -0.462 e. The van der Waals surface area contributed by atoms with Crippen LogP contribution in [0.15, 0.2) is 12.1 Å². The van der Waals surface area contributed by atoms with Gasteiger partial charge in [0, 0.05) is 0 Å². The van der Waals surface area contributed by atoms with Crippen molar-refractivity contribution in [1.82, 2.24) is 0 Å². The molecule has 0 aromatic heterocycles. The zero-order valence-electron chi connectivity index (χ0n) is 10.8. The molecule has 4 nitrogen and oxygen atoms in total. The predicted octanol–water partition coefficient (Wildman–Crippen LogP) is 3.65. The van der Waals surface area contributed by atoms with E-state index in [9.17, 15) is 31.1 Å². The Hall–Kier alpha value is -2.44. The number of halogens is 6. The average molecular weight is 327 g/mol. The summed E-state index contributed by atoms with van der Waals surface area (Å²) >= 11 is 0. The molecule has 0 radical (unpaired) electrons. The monoisotopic (exact) mass is 327 g/mol. The van der Waals surface area contributed by atoms with Gasteiger partial charge in [0.15, 0.2) is 0 Å². The van der Waals surface area contributed by atoms with E-state index in [0.717, 1.165) is 6.07 Å². The molecule has 0 heterocycles. The minimum absolute atomic E-state index is 0.189. The van der Waals surface area contributed by atoms with Crippen LogP contribution in [-0.4, -0.2) is 18.9 Å². The van der Waals surface area contributed by atoms with Gasteiger partial charge >= 0.3 is 18.5 Å². The summed E-state index contributed by atoms with van der Waals surface area (Å²) in [6.45, 7) is 1.18. The molecule has 0 spiro atoms. The van der Waals surface area contributed by atoms with Crippen molar-refractivity contribution < 1.29 is 40.6 Å². The quantitative estimate of drug-likeness (QED) is 0.628. The Kier molecular flexibility index (Phi) is 4.91. The average Bonchev–Trinajstić information content (AvgIpc) is 2.34. The maximum atomic E-state index is 12.9. The molecule has 0 amide bonds. The third kappa shape index (κ3) is 4.03. The Labute approximate surface area is 119 Å². The van der Waals surface area contributed by atoms with Crippen LogP contribution in [0.2, 0.25) is 0 Å². The van der Waals surface area contributed by atoms with Crippen molar-refractivity contribution in [1.29, 1.82) is 5.26 Å². The lowest BCUT2D eigenvalue weighted by atomic mass is 10.0. The second-order valence-electron chi connectivity index (χ2n) is 3.74. The SMILES string of the molecule is CCOC(=O)c1ccc(OC(F)(F)F)c(C(F)(F)F)c1C#N. The highest BCUT2D eigenvalue weighted by molar-refractivity contribution is 5.93. The van der Waals surface area contributed by atoms with Crippen LogP contribution in [0.4, 0.5) is 26.3 Å². The number of carbonyl (C=O) groups excluding carboxylic acids is 1. The third-order valence-corrected chi connectivity index (χ3v) is 2.28. The van der Waals surface area contributed by atoms with Crippen molar-refractivity contribution >= 4 is 5.97 Å². The lowest BCUT2D eigenvalue weighted by Crippen LogP contribution is -2.22. The first-order valence-corrected chi connectivity index (χ1v) is 5.58. The molecular weight excluding hydrogens is 320 g/mol. The van der Waals surface area contributed by atoms with Crippen molar-refractivity contribution in [2.45, 2.75) is 19.5 Å². The standard InChI is InChI=1S/C12H7F6NO3/c1-2-21-10(20)6-3-4-8(22-12(16,17)18)9(7(6)5-19)11(13,14)15/h3-4H,2H2,1H3. The van der Waals surface area contributed by atoms with Crippen LogP contribution >= 0.6 is 0 Å². The summed E-state index contributed by atoms with van der Waals surface area (Å²) < 4.78 is 83.1. The third-order valence-electron chi connectivity index (χ3n) is 2.28. The molecule has 0 aliphatic rings. The van der Waals surface area contributed by atoms with E-state index in [-0.39, 0.29) is 6.61 Å². The number of hydrogen-bond acceptors (Lipinski definition) is 4.